The van der Waals surface area contributed by atoms with Crippen LogP contribution in [0.15, 0.2) is 65.2 Å². The molecule has 0 saturated heterocycles. The van der Waals surface area contributed by atoms with E-state index >= 15 is 0 Å². The minimum absolute atomic E-state index is 0.155. The van der Waals surface area contributed by atoms with Crippen LogP contribution >= 0.6 is 0 Å². The number of nitrogens with zero attached hydrogens (tertiary/aromatic N) is 1. The molecule has 0 saturated carbocycles. The summed E-state index contributed by atoms with van der Waals surface area (Å²) in [7, 11) is 2.57. The number of halogens is 3. The minimum Gasteiger partial charge on any atom is -0.542 e. The minimum atomic E-state index is -5.19. The quantitative estimate of drug-likeness (QED) is 0.386. The standard InChI is InChI=1S/C19H18NO4S.C2HF3O2/c1-23-18(21)12-16(19(22)24-2)20-15-10-6-4-8-13(15)14-9-5-7-11-17(14)25(20)3;3-2(4,5)1(6)7/h4-12H,1-3H3;(H,6,7)/q+1;/p-1/b16-12+;. The summed E-state index contributed by atoms with van der Waals surface area (Å²) in [5, 5.41) is 8.78. The second-order valence-electron chi connectivity index (χ2n) is 6.12. The SMILES string of the molecule is COC(=O)/C=C(\C(=O)OC)N1c2ccccc2-c2ccccc2[S+]1C.O=C([O-])C(F)(F)F. The van der Waals surface area contributed by atoms with Crippen LogP contribution in [0.2, 0.25) is 0 Å². The Bertz CT molecular complexity index is 1050. The van der Waals surface area contributed by atoms with Crippen molar-refractivity contribution < 1.29 is 42.1 Å². The van der Waals surface area contributed by atoms with E-state index in [0.29, 0.717) is 0 Å². The number of para-hydroxylation sites is 1. The van der Waals surface area contributed by atoms with Crippen LogP contribution in [0.3, 0.4) is 0 Å². The Morgan fingerprint density at radius 2 is 1.50 bits per heavy atom. The molecule has 1 heterocycles. The first-order valence-electron chi connectivity index (χ1n) is 8.83. The molecular formula is C21H18F3NO6S. The fourth-order valence-corrected chi connectivity index (χ4v) is 4.67. The molecule has 0 bridgehead atoms. The molecule has 7 nitrogen and oxygen atoms in total. The van der Waals surface area contributed by atoms with Crippen molar-refractivity contribution in [1.82, 2.24) is 0 Å². The van der Waals surface area contributed by atoms with Crippen LogP contribution in [0.1, 0.15) is 0 Å². The summed E-state index contributed by atoms with van der Waals surface area (Å²) in [5.74, 6) is -4.19. The molecular weight excluding hydrogens is 451 g/mol. The number of methoxy groups -OCH3 is 2. The second-order valence-corrected chi connectivity index (χ2v) is 7.88. The molecule has 0 fully saturated rings. The summed E-state index contributed by atoms with van der Waals surface area (Å²) >= 11 is -0.479. The van der Waals surface area contributed by atoms with Crippen molar-refractivity contribution in [2.45, 2.75) is 11.1 Å². The molecule has 0 aliphatic carbocycles. The number of benzene rings is 2. The number of hydrogen-bond donors (Lipinski definition) is 0. The van der Waals surface area contributed by atoms with Crippen LogP contribution in [0, 0.1) is 0 Å². The highest BCUT2D eigenvalue weighted by atomic mass is 32.2. The number of carboxylic acids is 1. The fraction of sp³-hybridized carbons (Fsp3) is 0.190. The smallest absolute Gasteiger partial charge is 0.430 e. The Morgan fingerprint density at radius 1 is 0.969 bits per heavy atom. The number of carbonyl (C=O) groups is 3. The van der Waals surface area contributed by atoms with Gasteiger partial charge >= 0.3 is 18.1 Å². The molecule has 3 rings (SSSR count). The lowest BCUT2D eigenvalue weighted by Gasteiger charge is -2.29. The Hall–Kier alpha value is -3.47. The normalized spacial score (nSPS) is 14.9. The lowest BCUT2D eigenvalue weighted by atomic mass is 10.0. The van der Waals surface area contributed by atoms with E-state index in [1.807, 2.05) is 53.0 Å². The molecule has 32 heavy (non-hydrogen) atoms. The van der Waals surface area contributed by atoms with Crippen LogP contribution in [0.25, 0.3) is 11.1 Å². The zero-order chi connectivity index (χ0) is 24.1. The van der Waals surface area contributed by atoms with Gasteiger partial charge in [-0.05, 0) is 18.2 Å². The molecule has 0 spiro atoms. The van der Waals surface area contributed by atoms with Gasteiger partial charge in [-0.1, -0.05) is 30.3 Å². The van der Waals surface area contributed by atoms with Crippen molar-refractivity contribution in [2.75, 3.05) is 24.8 Å². The van der Waals surface area contributed by atoms with E-state index in [2.05, 4.69) is 6.07 Å². The number of carbonyl (C=O) groups excluding carboxylic acids is 3. The zero-order valence-corrected chi connectivity index (χ0v) is 18.0. The van der Waals surface area contributed by atoms with E-state index in [-0.39, 0.29) is 5.70 Å². The van der Waals surface area contributed by atoms with Crippen molar-refractivity contribution in [2.24, 2.45) is 0 Å². The molecule has 0 N–H and O–H groups in total. The van der Waals surface area contributed by atoms with Gasteiger partial charge in [0, 0.05) is 11.1 Å². The summed E-state index contributed by atoms with van der Waals surface area (Å²) in [4.78, 5) is 34.1. The molecule has 1 aliphatic heterocycles. The predicted molar refractivity (Wildman–Crippen MR) is 109 cm³/mol. The van der Waals surface area contributed by atoms with Gasteiger partial charge in [-0.2, -0.15) is 13.2 Å². The van der Waals surface area contributed by atoms with E-state index < -0.39 is 35.2 Å². The van der Waals surface area contributed by atoms with Gasteiger partial charge in [0.05, 0.1) is 26.0 Å². The fourth-order valence-electron chi connectivity index (χ4n) is 2.82. The first kappa shape index (κ1) is 24.8. The van der Waals surface area contributed by atoms with E-state index in [1.54, 1.807) is 0 Å². The van der Waals surface area contributed by atoms with Gasteiger partial charge in [-0.25, -0.2) is 9.59 Å². The van der Waals surface area contributed by atoms with Crippen molar-refractivity contribution in [3.05, 3.63) is 60.3 Å². The van der Waals surface area contributed by atoms with Crippen molar-refractivity contribution in [3.63, 3.8) is 0 Å². The average Bonchev–Trinajstić information content (AvgIpc) is 2.77. The molecule has 1 aliphatic rings. The van der Waals surface area contributed by atoms with Gasteiger partial charge in [0.2, 0.25) is 0 Å². The summed E-state index contributed by atoms with van der Waals surface area (Å²) in [5.41, 5.74) is 3.14. The van der Waals surface area contributed by atoms with Gasteiger partial charge in [0.15, 0.2) is 10.6 Å². The molecule has 0 amide bonds. The highest BCUT2D eigenvalue weighted by Gasteiger charge is 2.41. The first-order valence-corrected chi connectivity index (χ1v) is 10.4. The van der Waals surface area contributed by atoms with Gasteiger partial charge in [0.1, 0.15) is 23.3 Å². The predicted octanol–water partition coefficient (Wildman–Crippen LogP) is 2.22. The number of esters is 2. The summed E-state index contributed by atoms with van der Waals surface area (Å²) in [6, 6.07) is 15.9. The molecule has 2 aromatic rings. The largest absolute Gasteiger partial charge is 0.542 e. The molecule has 1 unspecified atom stereocenters. The number of rotatable bonds is 3. The third kappa shape index (κ3) is 5.41. The first-order chi connectivity index (χ1) is 15.0. The lowest BCUT2D eigenvalue weighted by molar-refractivity contribution is -0.344. The van der Waals surface area contributed by atoms with Crippen LogP contribution in [0.5, 0.6) is 0 Å². The number of fused-ring (bicyclic) bond motifs is 3. The van der Waals surface area contributed by atoms with Crippen LogP contribution in [-0.2, 0) is 34.9 Å². The Morgan fingerprint density at radius 3 is 2.03 bits per heavy atom. The number of carboxylic acid groups (broad SMARTS) is 1. The number of hydrogen-bond acceptors (Lipinski definition) is 7. The maximum atomic E-state index is 12.4. The van der Waals surface area contributed by atoms with Crippen LogP contribution < -0.4 is 9.41 Å². The second kappa shape index (κ2) is 10.2. The number of alkyl halides is 3. The summed E-state index contributed by atoms with van der Waals surface area (Å²) in [6.07, 6.45) is -2.00. The van der Waals surface area contributed by atoms with Crippen molar-refractivity contribution in [1.29, 1.82) is 0 Å². The van der Waals surface area contributed by atoms with Gasteiger partial charge in [-0.3, -0.25) is 0 Å². The monoisotopic (exact) mass is 469 g/mol. The van der Waals surface area contributed by atoms with E-state index in [1.165, 1.54) is 20.3 Å². The maximum absolute atomic E-state index is 12.4. The van der Waals surface area contributed by atoms with E-state index in [0.717, 1.165) is 21.7 Å². The number of ether oxygens (including phenoxy) is 2. The Kier molecular flexibility index (Phi) is 7.92. The third-order valence-corrected chi connectivity index (χ3v) is 6.13. The van der Waals surface area contributed by atoms with Gasteiger partial charge in [-0.15, -0.1) is 4.31 Å². The maximum Gasteiger partial charge on any atom is 0.430 e. The van der Waals surface area contributed by atoms with Crippen molar-refractivity contribution in [3.8, 4) is 11.1 Å². The third-order valence-electron chi connectivity index (χ3n) is 4.19. The average molecular weight is 469 g/mol. The molecule has 2 aromatic carbocycles. The lowest BCUT2D eigenvalue weighted by Crippen LogP contribution is -2.37. The molecule has 0 radical (unpaired) electrons. The Balaban J connectivity index is 0.000000451. The highest BCUT2D eigenvalue weighted by Crippen LogP contribution is 2.44. The number of aliphatic carboxylic acids is 1. The molecule has 1 atom stereocenters. The molecule has 170 valence electrons. The van der Waals surface area contributed by atoms with E-state index in [9.17, 15) is 22.8 Å². The van der Waals surface area contributed by atoms with Crippen molar-refractivity contribution >= 4 is 34.7 Å². The van der Waals surface area contributed by atoms with E-state index in [4.69, 9.17) is 19.4 Å². The highest BCUT2D eigenvalue weighted by molar-refractivity contribution is 7.98. The van der Waals surface area contributed by atoms with Gasteiger partial charge < -0.3 is 19.4 Å². The zero-order valence-electron chi connectivity index (χ0n) is 17.1. The summed E-state index contributed by atoms with van der Waals surface area (Å²) < 4.78 is 43.0. The topological polar surface area (TPSA) is 96.0 Å². The Labute approximate surface area is 184 Å². The summed E-state index contributed by atoms with van der Waals surface area (Å²) in [6.45, 7) is 0. The molecule has 11 heteroatoms. The number of anilines is 1. The molecule has 0 aromatic heterocycles. The van der Waals surface area contributed by atoms with Crippen LogP contribution in [0.4, 0.5) is 18.9 Å². The van der Waals surface area contributed by atoms with Crippen LogP contribution in [-0.4, -0.2) is 44.6 Å². The van der Waals surface area contributed by atoms with Gasteiger partial charge in [0.25, 0.3) is 0 Å².